The highest BCUT2D eigenvalue weighted by molar-refractivity contribution is 7.99. The average Bonchev–Trinajstić information content (AvgIpc) is 3.19. The van der Waals surface area contributed by atoms with E-state index in [1.54, 1.807) is 12.1 Å². The Morgan fingerprint density at radius 1 is 1.03 bits per heavy atom. The van der Waals surface area contributed by atoms with Gasteiger partial charge in [-0.2, -0.15) is 0 Å². The highest BCUT2D eigenvalue weighted by Crippen LogP contribution is 2.30. The standard InChI is InChI=1S/C22H14N2O5S2/c25-19-17(12-15-10-11-18(29-15)31-16-4-2-1-3-5-16)20(26)24(22(30)23-19)14-8-6-13(7-9-14)21(27)28/h1-12H,(H,27,28)(H,23,25,30)/b17-12+. The summed E-state index contributed by atoms with van der Waals surface area (Å²) in [6.45, 7) is 0. The topological polar surface area (TPSA) is 99.9 Å². The number of thiocarbonyl (C=S) groups is 1. The lowest BCUT2D eigenvalue weighted by atomic mass is 10.1. The Bertz CT molecular complexity index is 1220. The van der Waals surface area contributed by atoms with Gasteiger partial charge in [0.05, 0.1) is 11.3 Å². The number of hydrogen-bond donors (Lipinski definition) is 2. The molecule has 2 amide bonds. The van der Waals surface area contributed by atoms with E-state index in [0.29, 0.717) is 16.5 Å². The van der Waals surface area contributed by atoms with E-state index >= 15 is 0 Å². The summed E-state index contributed by atoms with van der Waals surface area (Å²) >= 11 is 6.56. The number of amides is 2. The van der Waals surface area contributed by atoms with Gasteiger partial charge in [-0.1, -0.05) is 30.0 Å². The smallest absolute Gasteiger partial charge is 0.335 e. The predicted octanol–water partition coefficient (Wildman–Crippen LogP) is 3.96. The number of carbonyl (C=O) groups excluding carboxylic acids is 2. The minimum Gasteiger partial charge on any atom is -0.478 e. The first kappa shape index (κ1) is 20.6. The van der Waals surface area contributed by atoms with Crippen LogP contribution in [0.2, 0.25) is 0 Å². The quantitative estimate of drug-likeness (QED) is 0.345. The fraction of sp³-hybridized carbons (Fsp3) is 0. The molecule has 1 fully saturated rings. The number of rotatable bonds is 5. The van der Waals surface area contributed by atoms with Crippen LogP contribution in [0.4, 0.5) is 5.69 Å². The molecule has 1 saturated heterocycles. The van der Waals surface area contributed by atoms with Crippen LogP contribution in [0.25, 0.3) is 6.08 Å². The van der Waals surface area contributed by atoms with Crippen molar-refractivity contribution >= 4 is 58.6 Å². The van der Waals surface area contributed by atoms with Crippen molar-refractivity contribution in [2.45, 2.75) is 9.99 Å². The SMILES string of the molecule is O=C1NC(=S)N(c2ccc(C(=O)O)cc2)C(=O)/C1=C/c1ccc(Sc2ccccc2)o1. The second-order valence-electron chi connectivity index (χ2n) is 6.38. The van der Waals surface area contributed by atoms with Gasteiger partial charge in [-0.05, 0) is 66.8 Å². The van der Waals surface area contributed by atoms with E-state index in [1.807, 2.05) is 30.3 Å². The Hall–Kier alpha value is -3.69. The van der Waals surface area contributed by atoms with Crippen molar-refractivity contribution in [3.63, 3.8) is 0 Å². The summed E-state index contributed by atoms with van der Waals surface area (Å²) in [4.78, 5) is 38.6. The van der Waals surface area contributed by atoms with Gasteiger partial charge >= 0.3 is 5.97 Å². The molecule has 4 rings (SSSR count). The van der Waals surface area contributed by atoms with E-state index in [2.05, 4.69) is 5.32 Å². The maximum absolute atomic E-state index is 13.0. The number of hydrogen-bond acceptors (Lipinski definition) is 6. The molecule has 2 N–H and O–H groups in total. The van der Waals surface area contributed by atoms with E-state index in [1.165, 1.54) is 42.1 Å². The number of furan rings is 1. The van der Waals surface area contributed by atoms with Crippen molar-refractivity contribution < 1.29 is 23.9 Å². The molecule has 0 radical (unpaired) electrons. The molecule has 0 aliphatic carbocycles. The lowest BCUT2D eigenvalue weighted by Crippen LogP contribution is -2.54. The first-order valence-corrected chi connectivity index (χ1v) is 10.2. The van der Waals surface area contributed by atoms with Gasteiger partial charge in [0.15, 0.2) is 10.2 Å². The number of nitrogens with one attached hydrogen (secondary N) is 1. The largest absolute Gasteiger partial charge is 0.478 e. The molecule has 1 aromatic heterocycles. The highest BCUT2D eigenvalue weighted by atomic mass is 32.2. The summed E-state index contributed by atoms with van der Waals surface area (Å²) in [5.74, 6) is -2.02. The third-order valence-corrected chi connectivity index (χ3v) is 5.54. The third-order valence-electron chi connectivity index (χ3n) is 4.32. The van der Waals surface area contributed by atoms with Crippen LogP contribution in [0.5, 0.6) is 0 Å². The highest BCUT2D eigenvalue weighted by Gasteiger charge is 2.34. The van der Waals surface area contributed by atoms with Gasteiger partial charge in [-0.15, -0.1) is 0 Å². The van der Waals surface area contributed by atoms with Crippen LogP contribution in [0, 0.1) is 0 Å². The molecular weight excluding hydrogens is 436 g/mol. The number of aromatic carboxylic acids is 1. The van der Waals surface area contributed by atoms with E-state index in [-0.39, 0.29) is 16.2 Å². The molecule has 1 aliphatic heterocycles. The fourth-order valence-electron chi connectivity index (χ4n) is 2.86. The van der Waals surface area contributed by atoms with Crippen molar-refractivity contribution in [1.82, 2.24) is 5.32 Å². The third kappa shape index (κ3) is 4.42. The number of benzene rings is 2. The summed E-state index contributed by atoms with van der Waals surface area (Å²) in [6.07, 6.45) is 1.35. The van der Waals surface area contributed by atoms with Crippen molar-refractivity contribution in [2.75, 3.05) is 4.90 Å². The molecule has 0 spiro atoms. The van der Waals surface area contributed by atoms with Gasteiger partial charge in [0.2, 0.25) is 0 Å². The second-order valence-corrected chi connectivity index (χ2v) is 7.85. The number of carboxylic acids is 1. The summed E-state index contributed by atoms with van der Waals surface area (Å²) < 4.78 is 5.73. The minimum atomic E-state index is -1.09. The van der Waals surface area contributed by atoms with Crippen LogP contribution in [0.3, 0.4) is 0 Å². The maximum atomic E-state index is 13.0. The summed E-state index contributed by atoms with van der Waals surface area (Å²) in [7, 11) is 0. The molecule has 2 aromatic carbocycles. The summed E-state index contributed by atoms with van der Waals surface area (Å²) in [5, 5.41) is 12.0. The molecule has 9 heteroatoms. The molecule has 2 heterocycles. The van der Waals surface area contributed by atoms with Gasteiger partial charge in [-0.3, -0.25) is 19.8 Å². The summed E-state index contributed by atoms with van der Waals surface area (Å²) in [6, 6.07) is 18.7. The monoisotopic (exact) mass is 450 g/mol. The van der Waals surface area contributed by atoms with Crippen LogP contribution in [-0.2, 0) is 9.59 Å². The van der Waals surface area contributed by atoms with Crippen molar-refractivity contribution in [1.29, 1.82) is 0 Å². The number of anilines is 1. The van der Waals surface area contributed by atoms with E-state index < -0.39 is 17.8 Å². The normalized spacial score (nSPS) is 15.3. The first-order chi connectivity index (χ1) is 14.9. The molecule has 154 valence electrons. The molecule has 7 nitrogen and oxygen atoms in total. The van der Waals surface area contributed by atoms with Crippen molar-refractivity contribution in [2.24, 2.45) is 0 Å². The minimum absolute atomic E-state index is 0.0676. The lowest BCUT2D eigenvalue weighted by molar-refractivity contribution is -0.122. The molecular formula is C22H14N2O5S2. The first-order valence-electron chi connectivity index (χ1n) is 9.00. The summed E-state index contributed by atoms with van der Waals surface area (Å²) in [5.41, 5.74) is 0.255. The molecule has 0 atom stereocenters. The Morgan fingerprint density at radius 2 is 1.74 bits per heavy atom. The Kier molecular flexibility index (Phi) is 5.70. The number of nitrogens with zero attached hydrogens (tertiary/aromatic N) is 1. The van der Waals surface area contributed by atoms with E-state index in [0.717, 1.165) is 9.80 Å². The van der Waals surface area contributed by atoms with Gasteiger partial charge in [0, 0.05) is 4.90 Å². The van der Waals surface area contributed by atoms with Crippen molar-refractivity contribution in [3.05, 3.63) is 83.6 Å². The molecule has 31 heavy (non-hydrogen) atoms. The molecule has 0 saturated carbocycles. The van der Waals surface area contributed by atoms with Gasteiger partial charge in [0.25, 0.3) is 11.8 Å². The van der Waals surface area contributed by atoms with Crippen LogP contribution < -0.4 is 10.2 Å². The Labute approximate surface area is 186 Å². The molecule has 0 bridgehead atoms. The zero-order valence-corrected chi connectivity index (χ0v) is 17.4. The van der Waals surface area contributed by atoms with Gasteiger partial charge in [0.1, 0.15) is 11.3 Å². The van der Waals surface area contributed by atoms with E-state index in [4.69, 9.17) is 21.7 Å². The zero-order valence-electron chi connectivity index (χ0n) is 15.8. The van der Waals surface area contributed by atoms with Crippen LogP contribution in [0.1, 0.15) is 16.1 Å². The number of carboxylic acid groups (broad SMARTS) is 1. The molecule has 1 aliphatic rings. The maximum Gasteiger partial charge on any atom is 0.335 e. The van der Waals surface area contributed by atoms with Crippen molar-refractivity contribution in [3.8, 4) is 0 Å². The Balaban J connectivity index is 1.59. The Morgan fingerprint density at radius 3 is 2.42 bits per heavy atom. The van der Waals surface area contributed by atoms with Crippen LogP contribution >= 0.6 is 24.0 Å². The predicted molar refractivity (Wildman–Crippen MR) is 119 cm³/mol. The second kappa shape index (κ2) is 8.58. The zero-order chi connectivity index (χ0) is 22.0. The van der Waals surface area contributed by atoms with Crippen LogP contribution in [0.15, 0.2) is 86.7 Å². The molecule has 3 aromatic rings. The van der Waals surface area contributed by atoms with Gasteiger partial charge < -0.3 is 9.52 Å². The average molecular weight is 450 g/mol. The van der Waals surface area contributed by atoms with Crippen LogP contribution in [-0.4, -0.2) is 28.0 Å². The molecule has 0 unspecified atom stereocenters. The van der Waals surface area contributed by atoms with E-state index in [9.17, 15) is 14.4 Å². The van der Waals surface area contributed by atoms with Gasteiger partial charge in [-0.25, -0.2) is 4.79 Å². The fourth-order valence-corrected chi connectivity index (χ4v) is 3.94. The lowest BCUT2D eigenvalue weighted by Gasteiger charge is -2.28. The number of carbonyl (C=O) groups is 3.